The van der Waals surface area contributed by atoms with Crippen LogP contribution in [0.15, 0.2) is 59.5 Å². The highest BCUT2D eigenvalue weighted by Gasteiger charge is 2.28. The van der Waals surface area contributed by atoms with Crippen LogP contribution in [-0.4, -0.2) is 37.1 Å². The van der Waals surface area contributed by atoms with Gasteiger partial charge in [0.1, 0.15) is 11.1 Å². The van der Waals surface area contributed by atoms with Crippen molar-refractivity contribution in [1.82, 2.24) is 4.90 Å². The number of thioether (sulfide) groups is 1. The number of benzene rings is 2. The molecule has 2 aromatic carbocycles. The number of carbonyl (C=O) groups is 1. The van der Waals surface area contributed by atoms with Crippen molar-refractivity contribution in [3.05, 3.63) is 66.0 Å². The molecule has 0 bridgehead atoms. The molecular weight excluding hydrogens is 313 g/mol. The van der Waals surface area contributed by atoms with E-state index in [1.54, 1.807) is 12.1 Å². The summed E-state index contributed by atoms with van der Waals surface area (Å²) in [7, 11) is 0. The Labute approximate surface area is 139 Å². The molecule has 1 saturated heterocycles. The van der Waals surface area contributed by atoms with Gasteiger partial charge in [-0.1, -0.05) is 30.3 Å². The molecule has 0 spiro atoms. The summed E-state index contributed by atoms with van der Waals surface area (Å²) in [6.07, 6.45) is 0. The van der Waals surface area contributed by atoms with Gasteiger partial charge in [-0.2, -0.15) is 0 Å². The SMILES string of the molecule is O=C(C(Sc1ccc(F)cc1)c1ccccc1)N1CCOCC1. The number of ether oxygens (including phenoxy) is 1. The molecule has 0 aliphatic carbocycles. The first-order valence-electron chi connectivity index (χ1n) is 7.58. The van der Waals surface area contributed by atoms with Crippen molar-refractivity contribution in [2.45, 2.75) is 10.1 Å². The lowest BCUT2D eigenvalue weighted by atomic mass is 10.1. The predicted molar refractivity (Wildman–Crippen MR) is 88.8 cm³/mol. The summed E-state index contributed by atoms with van der Waals surface area (Å²) in [6, 6.07) is 16.0. The molecule has 3 rings (SSSR count). The van der Waals surface area contributed by atoms with E-state index in [-0.39, 0.29) is 17.0 Å². The summed E-state index contributed by atoms with van der Waals surface area (Å²) in [5.41, 5.74) is 0.957. The molecule has 3 nitrogen and oxygen atoms in total. The second-order valence-corrected chi connectivity index (χ2v) is 6.48. The zero-order chi connectivity index (χ0) is 16.1. The molecule has 1 aliphatic rings. The van der Waals surface area contributed by atoms with Crippen LogP contribution in [0.1, 0.15) is 10.8 Å². The summed E-state index contributed by atoms with van der Waals surface area (Å²) in [6.45, 7) is 2.39. The molecule has 0 radical (unpaired) electrons. The van der Waals surface area contributed by atoms with E-state index in [4.69, 9.17) is 4.74 Å². The van der Waals surface area contributed by atoms with E-state index in [0.29, 0.717) is 26.3 Å². The standard InChI is InChI=1S/C18H18FNO2S/c19-15-6-8-16(9-7-15)23-17(14-4-2-1-3-5-14)18(21)20-10-12-22-13-11-20/h1-9,17H,10-13H2. The molecule has 120 valence electrons. The van der Waals surface area contributed by atoms with Crippen molar-refractivity contribution in [1.29, 1.82) is 0 Å². The van der Waals surface area contributed by atoms with E-state index < -0.39 is 0 Å². The fourth-order valence-electron chi connectivity index (χ4n) is 2.49. The first kappa shape index (κ1) is 16.0. The van der Waals surface area contributed by atoms with E-state index in [1.807, 2.05) is 35.2 Å². The molecule has 0 saturated carbocycles. The summed E-state index contributed by atoms with van der Waals surface area (Å²) in [5, 5.41) is -0.334. The first-order valence-corrected chi connectivity index (χ1v) is 8.46. The number of halogens is 1. The number of hydrogen-bond donors (Lipinski definition) is 0. The molecule has 1 unspecified atom stereocenters. The Hall–Kier alpha value is -1.85. The Bertz CT molecular complexity index is 642. The van der Waals surface area contributed by atoms with Crippen LogP contribution in [0.2, 0.25) is 0 Å². The molecule has 1 aliphatic heterocycles. The van der Waals surface area contributed by atoms with Gasteiger partial charge in [0.15, 0.2) is 0 Å². The van der Waals surface area contributed by atoms with Gasteiger partial charge in [0.05, 0.1) is 13.2 Å². The van der Waals surface area contributed by atoms with Crippen molar-refractivity contribution < 1.29 is 13.9 Å². The van der Waals surface area contributed by atoms with Gasteiger partial charge in [-0.25, -0.2) is 4.39 Å². The highest BCUT2D eigenvalue weighted by molar-refractivity contribution is 8.00. The minimum Gasteiger partial charge on any atom is -0.378 e. The Kier molecular flexibility index (Phi) is 5.31. The summed E-state index contributed by atoms with van der Waals surface area (Å²) in [4.78, 5) is 15.7. The lowest BCUT2D eigenvalue weighted by molar-refractivity contribution is -0.134. The average Bonchev–Trinajstić information content (AvgIpc) is 2.62. The second-order valence-electron chi connectivity index (χ2n) is 5.30. The normalized spacial score (nSPS) is 16.1. The molecule has 1 amide bonds. The van der Waals surface area contributed by atoms with Gasteiger partial charge in [-0.05, 0) is 29.8 Å². The average molecular weight is 331 g/mol. The topological polar surface area (TPSA) is 29.5 Å². The molecule has 2 aromatic rings. The maximum Gasteiger partial charge on any atom is 0.240 e. The minimum absolute atomic E-state index is 0.0776. The first-order chi connectivity index (χ1) is 11.2. The summed E-state index contributed by atoms with van der Waals surface area (Å²) in [5.74, 6) is -0.195. The number of hydrogen-bond acceptors (Lipinski definition) is 3. The molecule has 1 atom stereocenters. The molecule has 23 heavy (non-hydrogen) atoms. The highest BCUT2D eigenvalue weighted by atomic mass is 32.2. The summed E-state index contributed by atoms with van der Waals surface area (Å²) < 4.78 is 18.4. The van der Waals surface area contributed by atoms with Crippen molar-refractivity contribution >= 4 is 17.7 Å². The molecular formula is C18H18FNO2S. The van der Waals surface area contributed by atoms with E-state index in [0.717, 1.165) is 10.5 Å². The fraction of sp³-hybridized carbons (Fsp3) is 0.278. The third-order valence-electron chi connectivity index (χ3n) is 3.72. The largest absolute Gasteiger partial charge is 0.378 e. The molecule has 0 aromatic heterocycles. The van der Waals surface area contributed by atoms with Crippen LogP contribution >= 0.6 is 11.8 Å². The van der Waals surface area contributed by atoms with Gasteiger partial charge in [0, 0.05) is 18.0 Å². The van der Waals surface area contributed by atoms with Crippen LogP contribution in [0, 0.1) is 5.82 Å². The Morgan fingerprint density at radius 2 is 1.70 bits per heavy atom. The summed E-state index contributed by atoms with van der Waals surface area (Å²) >= 11 is 1.45. The zero-order valence-corrected chi connectivity index (χ0v) is 13.5. The minimum atomic E-state index is -0.334. The van der Waals surface area contributed by atoms with Crippen LogP contribution in [0.4, 0.5) is 4.39 Å². The van der Waals surface area contributed by atoms with E-state index >= 15 is 0 Å². The molecule has 5 heteroatoms. The van der Waals surface area contributed by atoms with Crippen molar-refractivity contribution in [2.75, 3.05) is 26.3 Å². The van der Waals surface area contributed by atoms with Gasteiger partial charge in [0.25, 0.3) is 0 Å². The van der Waals surface area contributed by atoms with Gasteiger partial charge in [-0.3, -0.25) is 4.79 Å². The maximum atomic E-state index is 13.1. The van der Waals surface area contributed by atoms with Crippen LogP contribution in [-0.2, 0) is 9.53 Å². The van der Waals surface area contributed by atoms with Gasteiger partial charge < -0.3 is 9.64 Å². The third-order valence-corrected chi connectivity index (χ3v) is 4.97. The fourth-order valence-corrected chi connectivity index (χ4v) is 3.60. The predicted octanol–water partition coefficient (Wildman–Crippen LogP) is 3.52. The van der Waals surface area contributed by atoms with E-state index in [1.165, 1.54) is 23.9 Å². The van der Waals surface area contributed by atoms with Gasteiger partial charge in [0.2, 0.25) is 5.91 Å². The monoisotopic (exact) mass is 331 g/mol. The van der Waals surface area contributed by atoms with Crippen molar-refractivity contribution in [3.63, 3.8) is 0 Å². The number of rotatable bonds is 4. The van der Waals surface area contributed by atoms with Crippen LogP contribution in [0.5, 0.6) is 0 Å². The second kappa shape index (κ2) is 7.62. The zero-order valence-electron chi connectivity index (χ0n) is 12.7. The number of carbonyl (C=O) groups excluding carboxylic acids is 1. The Balaban J connectivity index is 1.84. The van der Waals surface area contributed by atoms with Crippen LogP contribution in [0.25, 0.3) is 0 Å². The maximum absolute atomic E-state index is 13.1. The van der Waals surface area contributed by atoms with E-state index in [2.05, 4.69) is 0 Å². The third kappa shape index (κ3) is 4.12. The van der Waals surface area contributed by atoms with Gasteiger partial charge >= 0.3 is 0 Å². The molecule has 1 heterocycles. The number of amides is 1. The smallest absolute Gasteiger partial charge is 0.240 e. The highest BCUT2D eigenvalue weighted by Crippen LogP contribution is 2.36. The lowest BCUT2D eigenvalue weighted by Gasteiger charge is -2.30. The molecule has 1 fully saturated rings. The van der Waals surface area contributed by atoms with E-state index in [9.17, 15) is 9.18 Å². The Morgan fingerprint density at radius 3 is 2.35 bits per heavy atom. The van der Waals surface area contributed by atoms with Crippen molar-refractivity contribution in [3.8, 4) is 0 Å². The quantitative estimate of drug-likeness (QED) is 0.803. The lowest BCUT2D eigenvalue weighted by Crippen LogP contribution is -2.42. The van der Waals surface area contributed by atoms with Crippen LogP contribution < -0.4 is 0 Å². The van der Waals surface area contributed by atoms with Crippen molar-refractivity contribution in [2.24, 2.45) is 0 Å². The molecule has 0 N–H and O–H groups in total. The number of morpholine rings is 1. The van der Waals surface area contributed by atoms with Crippen LogP contribution in [0.3, 0.4) is 0 Å². The van der Waals surface area contributed by atoms with Gasteiger partial charge in [-0.15, -0.1) is 11.8 Å². The Morgan fingerprint density at radius 1 is 1.04 bits per heavy atom. The number of nitrogens with zero attached hydrogens (tertiary/aromatic N) is 1.